The third kappa shape index (κ3) is 5.51. The molecule has 0 fully saturated rings. The summed E-state index contributed by atoms with van der Waals surface area (Å²) in [5.41, 5.74) is 2.98. The van der Waals surface area contributed by atoms with Crippen molar-refractivity contribution in [3.63, 3.8) is 0 Å². The van der Waals surface area contributed by atoms with Crippen LogP contribution < -0.4 is 14.8 Å². The SMILES string of the molecule is COc1cc(C)ccc1OCc1nnc(SCC(=O)Nc2cccc(C)c2)n1C. The summed E-state index contributed by atoms with van der Waals surface area (Å²) in [6.45, 7) is 4.23. The van der Waals surface area contributed by atoms with Gasteiger partial charge >= 0.3 is 0 Å². The molecule has 1 amide bonds. The van der Waals surface area contributed by atoms with Crippen LogP contribution in [-0.2, 0) is 18.4 Å². The Morgan fingerprint density at radius 2 is 1.90 bits per heavy atom. The number of thioether (sulfide) groups is 1. The molecule has 0 saturated heterocycles. The van der Waals surface area contributed by atoms with Gasteiger partial charge in [0.25, 0.3) is 0 Å². The third-order valence-electron chi connectivity index (χ3n) is 4.24. The van der Waals surface area contributed by atoms with Crippen LogP contribution in [0.5, 0.6) is 11.5 Å². The van der Waals surface area contributed by atoms with Gasteiger partial charge in [-0.3, -0.25) is 4.79 Å². The Hall–Kier alpha value is -3.00. The minimum Gasteiger partial charge on any atom is -0.493 e. The summed E-state index contributed by atoms with van der Waals surface area (Å²) >= 11 is 1.33. The molecule has 1 N–H and O–H groups in total. The quantitative estimate of drug-likeness (QED) is 0.568. The lowest BCUT2D eigenvalue weighted by Crippen LogP contribution is -2.14. The molecular formula is C21H24N4O3S. The maximum atomic E-state index is 12.2. The van der Waals surface area contributed by atoms with Crippen LogP contribution in [0.25, 0.3) is 0 Å². The predicted molar refractivity (Wildman–Crippen MR) is 114 cm³/mol. The Balaban J connectivity index is 1.56. The zero-order valence-corrected chi connectivity index (χ0v) is 17.7. The number of carbonyl (C=O) groups excluding carboxylic acids is 1. The fourth-order valence-electron chi connectivity index (χ4n) is 2.68. The highest BCUT2D eigenvalue weighted by Crippen LogP contribution is 2.28. The highest BCUT2D eigenvalue weighted by atomic mass is 32.2. The standard InChI is InChI=1S/C21H24N4O3S/c1-14-6-5-7-16(10-14)22-20(26)13-29-21-24-23-19(25(21)3)12-28-17-9-8-15(2)11-18(17)27-4/h5-11H,12-13H2,1-4H3,(H,22,26). The normalized spacial score (nSPS) is 10.6. The van der Waals surface area contributed by atoms with Crippen LogP contribution in [0.1, 0.15) is 17.0 Å². The maximum absolute atomic E-state index is 12.2. The number of benzene rings is 2. The number of amides is 1. The largest absolute Gasteiger partial charge is 0.493 e. The molecule has 7 nitrogen and oxygen atoms in total. The van der Waals surface area contributed by atoms with Crippen molar-refractivity contribution in [1.29, 1.82) is 0 Å². The second-order valence-electron chi connectivity index (χ2n) is 6.61. The van der Waals surface area contributed by atoms with Gasteiger partial charge in [0.1, 0.15) is 6.61 Å². The number of hydrogen-bond donors (Lipinski definition) is 1. The number of aromatic nitrogens is 3. The van der Waals surface area contributed by atoms with Crippen LogP contribution in [-0.4, -0.2) is 33.5 Å². The van der Waals surface area contributed by atoms with Crippen molar-refractivity contribution in [2.75, 3.05) is 18.2 Å². The molecule has 0 unspecified atom stereocenters. The summed E-state index contributed by atoms with van der Waals surface area (Å²) in [6, 6.07) is 13.4. The Morgan fingerprint density at radius 3 is 2.66 bits per heavy atom. The number of rotatable bonds is 8. The average Bonchev–Trinajstić information content (AvgIpc) is 3.05. The maximum Gasteiger partial charge on any atom is 0.234 e. The first kappa shape index (κ1) is 20.7. The van der Waals surface area contributed by atoms with E-state index in [9.17, 15) is 4.79 Å². The smallest absolute Gasteiger partial charge is 0.234 e. The van der Waals surface area contributed by atoms with Crippen molar-refractivity contribution in [2.45, 2.75) is 25.6 Å². The molecule has 0 radical (unpaired) electrons. The van der Waals surface area contributed by atoms with E-state index in [-0.39, 0.29) is 18.3 Å². The molecular weight excluding hydrogens is 388 g/mol. The van der Waals surface area contributed by atoms with E-state index in [4.69, 9.17) is 9.47 Å². The molecule has 0 spiro atoms. The van der Waals surface area contributed by atoms with E-state index in [1.807, 2.05) is 67.9 Å². The molecule has 0 aliphatic rings. The number of aryl methyl sites for hydroxylation is 2. The number of hydrogen-bond acceptors (Lipinski definition) is 6. The first-order valence-corrected chi connectivity index (χ1v) is 10.1. The highest BCUT2D eigenvalue weighted by molar-refractivity contribution is 7.99. The van der Waals surface area contributed by atoms with Gasteiger partial charge in [-0.2, -0.15) is 0 Å². The van der Waals surface area contributed by atoms with E-state index in [1.165, 1.54) is 11.8 Å². The van der Waals surface area contributed by atoms with Gasteiger partial charge in [0.15, 0.2) is 22.5 Å². The Bertz CT molecular complexity index is 1000. The molecule has 8 heteroatoms. The van der Waals surface area contributed by atoms with Crippen LogP contribution in [0.3, 0.4) is 0 Å². The Morgan fingerprint density at radius 1 is 1.10 bits per heavy atom. The van der Waals surface area contributed by atoms with Crippen molar-refractivity contribution in [1.82, 2.24) is 14.8 Å². The monoisotopic (exact) mass is 412 g/mol. The molecule has 1 heterocycles. The summed E-state index contributed by atoms with van der Waals surface area (Å²) in [5, 5.41) is 11.9. The minimum atomic E-state index is -0.0919. The van der Waals surface area contributed by atoms with Gasteiger partial charge in [-0.1, -0.05) is 30.0 Å². The molecule has 2 aromatic carbocycles. The number of ether oxygens (including phenoxy) is 2. The number of nitrogens with one attached hydrogen (secondary N) is 1. The van der Waals surface area contributed by atoms with Gasteiger partial charge in [-0.05, 0) is 49.2 Å². The first-order chi connectivity index (χ1) is 14.0. The van der Waals surface area contributed by atoms with Gasteiger partial charge in [0.05, 0.1) is 12.9 Å². The highest BCUT2D eigenvalue weighted by Gasteiger charge is 2.13. The summed E-state index contributed by atoms with van der Waals surface area (Å²) in [5.74, 6) is 2.13. The van der Waals surface area contributed by atoms with Gasteiger partial charge in [-0.25, -0.2) is 0 Å². The van der Waals surface area contributed by atoms with Crippen LogP contribution in [0.15, 0.2) is 47.6 Å². The molecule has 152 valence electrons. The first-order valence-electron chi connectivity index (χ1n) is 9.11. The van der Waals surface area contributed by atoms with E-state index >= 15 is 0 Å². The fourth-order valence-corrected chi connectivity index (χ4v) is 3.41. The van der Waals surface area contributed by atoms with Gasteiger partial charge < -0.3 is 19.4 Å². The zero-order valence-electron chi connectivity index (χ0n) is 16.9. The van der Waals surface area contributed by atoms with E-state index in [0.29, 0.717) is 22.5 Å². The molecule has 0 aliphatic heterocycles. The van der Waals surface area contributed by atoms with Gasteiger partial charge in [-0.15, -0.1) is 10.2 Å². The van der Waals surface area contributed by atoms with Crippen molar-refractivity contribution >= 4 is 23.4 Å². The predicted octanol–water partition coefficient (Wildman–Crippen LogP) is 3.75. The molecule has 3 aromatic rings. The van der Waals surface area contributed by atoms with Gasteiger partial charge in [0.2, 0.25) is 5.91 Å². The lowest BCUT2D eigenvalue weighted by atomic mass is 10.2. The Kier molecular flexibility index (Phi) is 6.77. The van der Waals surface area contributed by atoms with Crippen molar-refractivity contribution in [3.05, 3.63) is 59.4 Å². The summed E-state index contributed by atoms with van der Waals surface area (Å²) in [7, 11) is 3.46. The molecule has 1 aromatic heterocycles. The van der Waals surface area contributed by atoms with E-state index in [0.717, 1.165) is 16.8 Å². The fraction of sp³-hybridized carbons (Fsp3) is 0.286. The second kappa shape index (κ2) is 9.47. The van der Waals surface area contributed by atoms with Crippen LogP contribution in [0.2, 0.25) is 0 Å². The number of carbonyl (C=O) groups is 1. The summed E-state index contributed by atoms with van der Waals surface area (Å²) in [6.07, 6.45) is 0. The molecule has 0 atom stereocenters. The van der Waals surface area contributed by atoms with E-state index in [1.54, 1.807) is 7.11 Å². The van der Waals surface area contributed by atoms with Crippen LogP contribution in [0.4, 0.5) is 5.69 Å². The lowest BCUT2D eigenvalue weighted by molar-refractivity contribution is -0.113. The molecule has 3 rings (SSSR count). The number of anilines is 1. The van der Waals surface area contributed by atoms with E-state index < -0.39 is 0 Å². The second-order valence-corrected chi connectivity index (χ2v) is 7.55. The third-order valence-corrected chi connectivity index (χ3v) is 5.26. The minimum absolute atomic E-state index is 0.0919. The zero-order chi connectivity index (χ0) is 20.8. The summed E-state index contributed by atoms with van der Waals surface area (Å²) in [4.78, 5) is 12.2. The molecule has 0 bridgehead atoms. The lowest BCUT2D eigenvalue weighted by Gasteiger charge is -2.11. The van der Waals surface area contributed by atoms with Crippen molar-refractivity contribution < 1.29 is 14.3 Å². The molecule has 0 aliphatic carbocycles. The summed E-state index contributed by atoms with van der Waals surface area (Å²) < 4.78 is 13.0. The average molecular weight is 413 g/mol. The number of methoxy groups -OCH3 is 1. The van der Waals surface area contributed by atoms with E-state index in [2.05, 4.69) is 15.5 Å². The van der Waals surface area contributed by atoms with Crippen LogP contribution in [0, 0.1) is 13.8 Å². The van der Waals surface area contributed by atoms with Crippen molar-refractivity contribution in [2.24, 2.45) is 7.05 Å². The van der Waals surface area contributed by atoms with Crippen LogP contribution >= 0.6 is 11.8 Å². The molecule has 0 saturated carbocycles. The van der Waals surface area contributed by atoms with Gasteiger partial charge in [0, 0.05) is 12.7 Å². The molecule has 29 heavy (non-hydrogen) atoms. The topological polar surface area (TPSA) is 78.3 Å². The van der Waals surface area contributed by atoms with Crippen molar-refractivity contribution in [3.8, 4) is 11.5 Å². The number of nitrogens with zero attached hydrogens (tertiary/aromatic N) is 3. The Labute approximate surface area is 174 Å².